The molecule has 0 saturated heterocycles. The van der Waals surface area contributed by atoms with Crippen LogP contribution in [-0.4, -0.2) is 21.8 Å². The van der Waals surface area contributed by atoms with E-state index in [1.54, 1.807) is 0 Å². The molecule has 1 aromatic rings. The molecule has 3 nitrogen and oxygen atoms in total. The topological polar surface area (TPSA) is 36.1 Å². The Kier molecular flexibility index (Phi) is 1.46. The Labute approximate surface area is 71.4 Å². The average molecular weight is 164 g/mol. The molecule has 12 heavy (non-hydrogen) atoms. The normalized spacial score (nSPS) is 15.9. The number of fused-ring (bicyclic) bond motifs is 1. The first kappa shape index (κ1) is 7.40. The highest BCUT2D eigenvalue weighted by atomic mass is 16.2. The van der Waals surface area contributed by atoms with E-state index in [4.69, 9.17) is 0 Å². The molecule has 2 rings (SSSR count). The first-order chi connectivity index (χ1) is 5.70. The molecule has 1 aliphatic heterocycles. The van der Waals surface area contributed by atoms with Crippen LogP contribution in [0.4, 0.5) is 0 Å². The maximum absolute atomic E-state index is 11.6. The van der Waals surface area contributed by atoms with Crippen molar-refractivity contribution in [2.45, 2.75) is 26.4 Å². The van der Waals surface area contributed by atoms with Crippen molar-refractivity contribution in [1.29, 1.82) is 0 Å². The third-order valence-electron chi connectivity index (χ3n) is 2.27. The summed E-state index contributed by atoms with van der Waals surface area (Å²) in [6.07, 6.45) is 1.82. The highest BCUT2D eigenvalue weighted by molar-refractivity contribution is 5.96. The number of rotatable bonds is 1. The predicted octanol–water partition coefficient (Wildman–Crippen LogP) is 1.38. The van der Waals surface area contributed by atoms with Gasteiger partial charge in [-0.3, -0.25) is 4.79 Å². The third kappa shape index (κ3) is 0.858. The lowest BCUT2D eigenvalue weighted by molar-refractivity contribution is 0.0726. The summed E-state index contributed by atoms with van der Waals surface area (Å²) in [5.41, 5.74) is 1.89. The van der Waals surface area contributed by atoms with Crippen molar-refractivity contribution in [2.75, 3.05) is 0 Å². The van der Waals surface area contributed by atoms with Crippen molar-refractivity contribution in [3.05, 3.63) is 23.5 Å². The van der Waals surface area contributed by atoms with Crippen LogP contribution < -0.4 is 0 Å². The van der Waals surface area contributed by atoms with Crippen LogP contribution in [0.5, 0.6) is 0 Å². The zero-order valence-corrected chi connectivity index (χ0v) is 7.29. The van der Waals surface area contributed by atoms with Crippen LogP contribution in [0.1, 0.15) is 29.9 Å². The van der Waals surface area contributed by atoms with Crippen molar-refractivity contribution < 1.29 is 4.79 Å². The number of aromatic nitrogens is 1. The minimum absolute atomic E-state index is 0.130. The van der Waals surface area contributed by atoms with E-state index in [0.29, 0.717) is 6.04 Å². The zero-order chi connectivity index (χ0) is 8.72. The minimum Gasteiger partial charge on any atom is -0.357 e. The summed E-state index contributed by atoms with van der Waals surface area (Å²) in [6, 6.07) is 2.26. The van der Waals surface area contributed by atoms with Crippen molar-refractivity contribution >= 4 is 5.91 Å². The maximum Gasteiger partial charge on any atom is 0.271 e. The lowest BCUT2D eigenvalue weighted by Gasteiger charge is -2.19. The fourth-order valence-electron chi connectivity index (χ4n) is 1.55. The molecule has 64 valence electrons. The molecule has 0 aliphatic carbocycles. The average Bonchev–Trinajstić information content (AvgIpc) is 2.53. The van der Waals surface area contributed by atoms with Crippen molar-refractivity contribution in [3.8, 4) is 0 Å². The van der Waals surface area contributed by atoms with Gasteiger partial charge < -0.3 is 9.88 Å². The van der Waals surface area contributed by atoms with Gasteiger partial charge in [-0.15, -0.1) is 0 Å². The minimum atomic E-state index is 0.130. The molecule has 0 bridgehead atoms. The molecular weight excluding hydrogens is 152 g/mol. The lowest BCUT2D eigenvalue weighted by atomic mass is 10.3. The van der Waals surface area contributed by atoms with Gasteiger partial charge in [0.25, 0.3) is 5.91 Å². The molecule has 1 amide bonds. The smallest absolute Gasteiger partial charge is 0.271 e. The van der Waals surface area contributed by atoms with Crippen LogP contribution in [0.2, 0.25) is 0 Å². The lowest BCUT2D eigenvalue weighted by Crippen LogP contribution is -2.31. The van der Waals surface area contributed by atoms with E-state index >= 15 is 0 Å². The molecule has 0 aromatic carbocycles. The largest absolute Gasteiger partial charge is 0.357 e. The Balaban J connectivity index is 2.33. The molecule has 3 heteroatoms. The summed E-state index contributed by atoms with van der Waals surface area (Å²) in [7, 11) is 0. The van der Waals surface area contributed by atoms with Crippen LogP contribution in [0, 0.1) is 0 Å². The van der Waals surface area contributed by atoms with E-state index < -0.39 is 0 Å². The molecule has 0 atom stereocenters. The van der Waals surface area contributed by atoms with Crippen LogP contribution in [0.15, 0.2) is 12.3 Å². The van der Waals surface area contributed by atoms with Crippen LogP contribution in [0.3, 0.4) is 0 Å². The molecule has 0 fully saturated rings. The predicted molar refractivity (Wildman–Crippen MR) is 45.8 cm³/mol. The van der Waals surface area contributed by atoms with Crippen molar-refractivity contribution in [3.63, 3.8) is 0 Å². The van der Waals surface area contributed by atoms with Crippen LogP contribution >= 0.6 is 0 Å². The fraction of sp³-hybridized carbons (Fsp3) is 0.444. The van der Waals surface area contributed by atoms with E-state index in [0.717, 1.165) is 17.8 Å². The highest BCUT2D eigenvalue weighted by Crippen LogP contribution is 2.22. The molecule has 1 aromatic heterocycles. The Morgan fingerprint density at radius 3 is 2.92 bits per heavy atom. The molecule has 2 heterocycles. The highest BCUT2D eigenvalue weighted by Gasteiger charge is 2.29. The number of carbonyl (C=O) groups excluding carboxylic acids is 1. The quantitative estimate of drug-likeness (QED) is 0.668. The van der Waals surface area contributed by atoms with Crippen LogP contribution in [-0.2, 0) is 6.54 Å². The standard InChI is InChI=1S/C9H12N2O/c1-6(2)11-5-7-3-4-10-8(7)9(11)12/h3-4,6,10H,5H2,1-2H3. The van der Waals surface area contributed by atoms with Gasteiger partial charge in [-0.1, -0.05) is 0 Å². The first-order valence-electron chi connectivity index (χ1n) is 4.17. The van der Waals surface area contributed by atoms with Gasteiger partial charge >= 0.3 is 0 Å². The second-order valence-electron chi connectivity index (χ2n) is 3.40. The number of amides is 1. The van der Waals surface area contributed by atoms with Gasteiger partial charge in [0.2, 0.25) is 0 Å². The number of aromatic amines is 1. The van der Waals surface area contributed by atoms with Gasteiger partial charge in [-0.05, 0) is 19.9 Å². The first-order valence-corrected chi connectivity index (χ1v) is 4.17. The van der Waals surface area contributed by atoms with E-state index in [-0.39, 0.29) is 5.91 Å². The summed E-state index contributed by atoms with van der Waals surface area (Å²) >= 11 is 0. The summed E-state index contributed by atoms with van der Waals surface area (Å²) in [5.74, 6) is 0.130. The van der Waals surface area contributed by atoms with E-state index in [2.05, 4.69) is 4.98 Å². The number of nitrogens with zero attached hydrogens (tertiary/aromatic N) is 1. The van der Waals surface area contributed by atoms with Crippen molar-refractivity contribution in [2.24, 2.45) is 0 Å². The number of H-pyrrole nitrogens is 1. The van der Waals surface area contributed by atoms with E-state index in [1.807, 2.05) is 31.0 Å². The van der Waals surface area contributed by atoms with Gasteiger partial charge in [-0.2, -0.15) is 0 Å². The van der Waals surface area contributed by atoms with E-state index in [9.17, 15) is 4.79 Å². The van der Waals surface area contributed by atoms with Gasteiger partial charge in [0, 0.05) is 24.3 Å². The second kappa shape index (κ2) is 2.37. The number of hydrogen-bond donors (Lipinski definition) is 1. The SMILES string of the molecule is CC(C)N1Cc2cc[nH]c2C1=O. The van der Waals surface area contributed by atoms with Gasteiger partial charge in [0.1, 0.15) is 5.69 Å². The van der Waals surface area contributed by atoms with E-state index in [1.165, 1.54) is 0 Å². The molecule has 0 spiro atoms. The summed E-state index contributed by atoms with van der Waals surface area (Å²) < 4.78 is 0. The Morgan fingerprint density at radius 1 is 1.58 bits per heavy atom. The number of nitrogens with one attached hydrogen (secondary N) is 1. The maximum atomic E-state index is 11.6. The Morgan fingerprint density at radius 2 is 2.33 bits per heavy atom. The monoisotopic (exact) mass is 164 g/mol. The molecule has 0 unspecified atom stereocenters. The molecule has 0 radical (unpaired) electrons. The molecular formula is C9H12N2O. The Hall–Kier alpha value is -1.25. The number of hydrogen-bond acceptors (Lipinski definition) is 1. The molecule has 1 N–H and O–H groups in total. The van der Waals surface area contributed by atoms with Crippen molar-refractivity contribution in [1.82, 2.24) is 9.88 Å². The summed E-state index contributed by atoms with van der Waals surface area (Å²) in [6.45, 7) is 4.82. The fourth-order valence-corrected chi connectivity index (χ4v) is 1.55. The summed E-state index contributed by atoms with van der Waals surface area (Å²) in [4.78, 5) is 16.4. The van der Waals surface area contributed by atoms with Gasteiger partial charge in [0.15, 0.2) is 0 Å². The molecule has 1 aliphatic rings. The Bertz CT molecular complexity index is 314. The summed E-state index contributed by atoms with van der Waals surface area (Å²) in [5, 5.41) is 0. The van der Waals surface area contributed by atoms with Crippen LogP contribution in [0.25, 0.3) is 0 Å². The zero-order valence-electron chi connectivity index (χ0n) is 7.29. The number of carbonyl (C=O) groups is 1. The third-order valence-corrected chi connectivity index (χ3v) is 2.27. The van der Waals surface area contributed by atoms with Gasteiger partial charge in [-0.25, -0.2) is 0 Å². The van der Waals surface area contributed by atoms with Gasteiger partial charge in [0.05, 0.1) is 0 Å². The molecule has 0 saturated carbocycles. The second-order valence-corrected chi connectivity index (χ2v) is 3.40.